The fourth-order valence-corrected chi connectivity index (χ4v) is 2.95. The van der Waals surface area contributed by atoms with Crippen LogP contribution in [0.5, 0.6) is 0 Å². The van der Waals surface area contributed by atoms with Crippen LogP contribution >= 0.6 is 24.0 Å². The van der Waals surface area contributed by atoms with Gasteiger partial charge in [0.05, 0.1) is 28.2 Å². The van der Waals surface area contributed by atoms with Gasteiger partial charge in [-0.15, -0.1) is 12.4 Å². The molecule has 0 radical (unpaired) electrons. The summed E-state index contributed by atoms with van der Waals surface area (Å²) in [4.78, 5) is 12.4. The van der Waals surface area contributed by atoms with E-state index in [1.54, 1.807) is 10.9 Å². The Kier molecular flexibility index (Phi) is 6.04. The van der Waals surface area contributed by atoms with Gasteiger partial charge < -0.3 is 10.6 Å². The smallest absolute Gasteiger partial charge is 0.255 e. The van der Waals surface area contributed by atoms with Gasteiger partial charge in [-0.2, -0.15) is 5.10 Å². The van der Waals surface area contributed by atoms with Crippen molar-refractivity contribution in [2.45, 2.75) is 25.8 Å². The van der Waals surface area contributed by atoms with Crippen LogP contribution in [0.1, 0.15) is 28.9 Å². The summed E-state index contributed by atoms with van der Waals surface area (Å²) in [6.45, 7) is 3.73. The maximum absolute atomic E-state index is 12.4. The number of benzene rings is 1. The monoisotopic (exact) mass is 354 g/mol. The van der Waals surface area contributed by atoms with Crippen LogP contribution in [0.15, 0.2) is 30.5 Å². The predicted molar refractivity (Wildman–Crippen MR) is 93.9 cm³/mol. The molecule has 1 amide bonds. The number of carbonyl (C=O) groups excluding carboxylic acids is 1. The standard InChI is InChI=1S/C16H19ClN4O.ClH/c1-11-13(16(22)20-12-5-4-8-18-9-12)10-19-21(11)15-7-3-2-6-14(15)17;/h2-3,6-7,10,12,18H,4-5,8-9H2,1H3,(H,20,22);1H/t12-;/m0./s1. The minimum atomic E-state index is -0.0792. The van der Waals surface area contributed by atoms with Gasteiger partial charge in [-0.25, -0.2) is 4.68 Å². The van der Waals surface area contributed by atoms with Crippen LogP contribution in [0.3, 0.4) is 0 Å². The van der Waals surface area contributed by atoms with E-state index in [0.29, 0.717) is 10.6 Å². The molecule has 2 aromatic rings. The SMILES string of the molecule is Cc1c(C(=O)N[C@H]2CCCNC2)cnn1-c1ccccc1Cl.Cl. The average Bonchev–Trinajstić information content (AvgIpc) is 2.90. The van der Waals surface area contributed by atoms with Gasteiger partial charge in [-0.1, -0.05) is 23.7 Å². The largest absolute Gasteiger partial charge is 0.348 e. The summed E-state index contributed by atoms with van der Waals surface area (Å²) in [5, 5.41) is 11.3. The second-order valence-electron chi connectivity index (χ2n) is 5.52. The van der Waals surface area contributed by atoms with Crippen molar-refractivity contribution in [3.8, 4) is 5.69 Å². The third-order valence-electron chi connectivity index (χ3n) is 3.97. The summed E-state index contributed by atoms with van der Waals surface area (Å²) in [5.74, 6) is -0.0792. The summed E-state index contributed by atoms with van der Waals surface area (Å²) >= 11 is 6.21. The number of hydrogen-bond acceptors (Lipinski definition) is 3. The fourth-order valence-electron chi connectivity index (χ4n) is 2.74. The fraction of sp³-hybridized carbons (Fsp3) is 0.375. The molecular weight excluding hydrogens is 335 g/mol. The minimum absolute atomic E-state index is 0. The number of carbonyl (C=O) groups is 1. The highest BCUT2D eigenvalue weighted by molar-refractivity contribution is 6.32. The van der Waals surface area contributed by atoms with Crippen molar-refractivity contribution in [3.63, 3.8) is 0 Å². The molecule has 0 aliphatic carbocycles. The predicted octanol–water partition coefficient (Wildman–Crippen LogP) is 2.74. The second kappa shape index (κ2) is 7.81. The molecule has 2 N–H and O–H groups in total. The third-order valence-corrected chi connectivity index (χ3v) is 4.29. The number of hydrogen-bond donors (Lipinski definition) is 2. The van der Waals surface area contributed by atoms with E-state index in [4.69, 9.17) is 11.6 Å². The lowest BCUT2D eigenvalue weighted by Crippen LogP contribution is -2.45. The second-order valence-corrected chi connectivity index (χ2v) is 5.93. The van der Waals surface area contributed by atoms with Crippen LogP contribution in [0.2, 0.25) is 5.02 Å². The molecule has 1 atom stereocenters. The molecule has 1 aromatic carbocycles. The maximum Gasteiger partial charge on any atom is 0.255 e. The molecule has 2 heterocycles. The molecule has 0 saturated carbocycles. The Morgan fingerprint density at radius 3 is 2.91 bits per heavy atom. The van der Waals surface area contributed by atoms with Crippen LogP contribution in [0, 0.1) is 6.92 Å². The van der Waals surface area contributed by atoms with Gasteiger partial charge in [0, 0.05) is 12.6 Å². The van der Waals surface area contributed by atoms with Crippen molar-refractivity contribution in [2.24, 2.45) is 0 Å². The summed E-state index contributed by atoms with van der Waals surface area (Å²) < 4.78 is 1.70. The highest BCUT2D eigenvalue weighted by Crippen LogP contribution is 2.22. The molecule has 1 fully saturated rings. The first kappa shape index (κ1) is 17.8. The minimum Gasteiger partial charge on any atom is -0.348 e. The van der Waals surface area contributed by atoms with E-state index in [9.17, 15) is 4.79 Å². The van der Waals surface area contributed by atoms with E-state index in [-0.39, 0.29) is 24.4 Å². The highest BCUT2D eigenvalue weighted by atomic mass is 35.5. The summed E-state index contributed by atoms with van der Waals surface area (Å²) in [7, 11) is 0. The molecule has 1 aliphatic rings. The van der Waals surface area contributed by atoms with E-state index < -0.39 is 0 Å². The zero-order valence-corrected chi connectivity index (χ0v) is 14.5. The van der Waals surface area contributed by atoms with Gasteiger partial charge in [0.2, 0.25) is 0 Å². The zero-order valence-electron chi connectivity index (χ0n) is 12.9. The molecule has 0 spiro atoms. The van der Waals surface area contributed by atoms with E-state index in [2.05, 4.69) is 15.7 Å². The molecule has 23 heavy (non-hydrogen) atoms. The van der Waals surface area contributed by atoms with Crippen molar-refractivity contribution in [3.05, 3.63) is 46.7 Å². The molecule has 7 heteroatoms. The van der Waals surface area contributed by atoms with Crippen LogP contribution in [0.25, 0.3) is 5.69 Å². The van der Waals surface area contributed by atoms with Crippen molar-refractivity contribution >= 4 is 29.9 Å². The summed E-state index contributed by atoms with van der Waals surface area (Å²) in [5.41, 5.74) is 2.15. The van der Waals surface area contributed by atoms with Crippen LogP contribution < -0.4 is 10.6 Å². The molecule has 1 aliphatic heterocycles. The Labute approximate surface area is 146 Å². The molecule has 0 unspecified atom stereocenters. The quantitative estimate of drug-likeness (QED) is 0.890. The molecule has 1 saturated heterocycles. The lowest BCUT2D eigenvalue weighted by atomic mass is 10.1. The number of amides is 1. The Hall–Kier alpha value is -1.56. The van der Waals surface area contributed by atoms with Crippen molar-refractivity contribution in [1.29, 1.82) is 0 Å². The van der Waals surface area contributed by atoms with Gasteiger partial charge in [-0.3, -0.25) is 4.79 Å². The lowest BCUT2D eigenvalue weighted by molar-refractivity contribution is 0.0930. The lowest BCUT2D eigenvalue weighted by Gasteiger charge is -2.23. The molecule has 3 rings (SSSR count). The summed E-state index contributed by atoms with van der Waals surface area (Å²) in [6, 6.07) is 7.65. The van der Waals surface area contributed by atoms with Crippen molar-refractivity contribution in [2.75, 3.05) is 13.1 Å². The Morgan fingerprint density at radius 1 is 1.43 bits per heavy atom. The van der Waals surface area contributed by atoms with E-state index >= 15 is 0 Å². The number of para-hydroxylation sites is 1. The number of nitrogens with zero attached hydrogens (tertiary/aromatic N) is 2. The van der Waals surface area contributed by atoms with Crippen molar-refractivity contribution in [1.82, 2.24) is 20.4 Å². The van der Waals surface area contributed by atoms with Crippen LogP contribution in [-0.2, 0) is 0 Å². The van der Waals surface area contributed by atoms with Gasteiger partial charge in [0.15, 0.2) is 0 Å². The first-order valence-corrected chi connectivity index (χ1v) is 7.85. The van der Waals surface area contributed by atoms with Gasteiger partial charge in [0.1, 0.15) is 0 Å². The normalized spacial score (nSPS) is 17.4. The van der Waals surface area contributed by atoms with Crippen LogP contribution in [-0.4, -0.2) is 34.8 Å². The van der Waals surface area contributed by atoms with Crippen molar-refractivity contribution < 1.29 is 4.79 Å². The maximum atomic E-state index is 12.4. The first-order valence-electron chi connectivity index (χ1n) is 7.48. The Bertz CT molecular complexity index is 680. The van der Waals surface area contributed by atoms with E-state index in [1.165, 1.54) is 0 Å². The number of halogens is 2. The van der Waals surface area contributed by atoms with E-state index in [0.717, 1.165) is 37.3 Å². The molecule has 5 nitrogen and oxygen atoms in total. The molecule has 1 aromatic heterocycles. The first-order chi connectivity index (χ1) is 10.7. The number of piperidine rings is 1. The number of aromatic nitrogens is 2. The third kappa shape index (κ3) is 3.86. The zero-order chi connectivity index (χ0) is 15.5. The average molecular weight is 355 g/mol. The number of rotatable bonds is 3. The van der Waals surface area contributed by atoms with Gasteiger partial charge >= 0.3 is 0 Å². The Balaban J connectivity index is 0.00000192. The summed E-state index contributed by atoms with van der Waals surface area (Å²) in [6.07, 6.45) is 3.70. The highest BCUT2D eigenvalue weighted by Gasteiger charge is 2.20. The Morgan fingerprint density at radius 2 is 2.22 bits per heavy atom. The van der Waals surface area contributed by atoms with E-state index in [1.807, 2.05) is 31.2 Å². The number of nitrogens with one attached hydrogen (secondary N) is 2. The molecule has 124 valence electrons. The molecule has 0 bridgehead atoms. The topological polar surface area (TPSA) is 59.0 Å². The van der Waals surface area contributed by atoms with Gasteiger partial charge in [0.25, 0.3) is 5.91 Å². The van der Waals surface area contributed by atoms with Crippen LogP contribution in [0.4, 0.5) is 0 Å². The molecular formula is C16H20Cl2N4O. The van der Waals surface area contributed by atoms with Gasteiger partial charge in [-0.05, 0) is 38.4 Å².